The zero-order chi connectivity index (χ0) is 26.4. The highest BCUT2D eigenvalue weighted by atomic mass is 19.1. The van der Waals surface area contributed by atoms with Gasteiger partial charge < -0.3 is 9.84 Å². The van der Waals surface area contributed by atoms with E-state index in [1.807, 2.05) is 36.4 Å². The monoisotopic (exact) mass is 476 g/mol. The summed E-state index contributed by atoms with van der Waals surface area (Å²) in [7, 11) is 1.62. The van der Waals surface area contributed by atoms with Crippen LogP contribution >= 0.6 is 0 Å². The molecule has 0 aromatic heterocycles. The van der Waals surface area contributed by atoms with E-state index < -0.39 is 5.97 Å². The average Bonchev–Trinajstić information content (AvgIpc) is 2.85. The van der Waals surface area contributed by atoms with Crippen molar-refractivity contribution < 1.29 is 23.8 Å². The minimum atomic E-state index is -0.935. The number of carbonyl (C=O) groups excluding carboxylic acids is 1. The van der Waals surface area contributed by atoms with Crippen molar-refractivity contribution in [2.45, 2.75) is 33.6 Å². The first-order valence-corrected chi connectivity index (χ1v) is 11.2. The van der Waals surface area contributed by atoms with Crippen molar-refractivity contribution in [3.05, 3.63) is 102 Å². The number of carbonyl (C=O) groups is 2. The topological polar surface area (TPSA) is 63.6 Å². The number of aryl methyl sites for hydroxylation is 1. The van der Waals surface area contributed by atoms with Crippen molar-refractivity contribution in [2.75, 3.05) is 7.11 Å². The second-order valence-electron chi connectivity index (χ2n) is 7.92. The van der Waals surface area contributed by atoms with Crippen LogP contribution in [0, 0.1) is 5.82 Å². The molecule has 4 nitrogen and oxygen atoms in total. The maximum absolute atomic E-state index is 14.6. The number of hydrogen-bond donors (Lipinski definition) is 1. The Bertz CT molecular complexity index is 1120. The number of halogens is 1. The lowest BCUT2D eigenvalue weighted by atomic mass is 9.98. The number of aliphatic carboxylic acids is 1. The third-order valence-corrected chi connectivity index (χ3v) is 4.76. The summed E-state index contributed by atoms with van der Waals surface area (Å²) >= 11 is 0. The zero-order valence-electron chi connectivity index (χ0n) is 20.8. The number of carboxylic acids is 1. The molecule has 0 bridgehead atoms. The Morgan fingerprint density at radius 2 is 1.43 bits per heavy atom. The van der Waals surface area contributed by atoms with E-state index in [0.29, 0.717) is 11.1 Å². The van der Waals surface area contributed by atoms with Crippen LogP contribution in [0.15, 0.2) is 91.0 Å². The molecule has 3 aromatic carbocycles. The molecule has 0 fully saturated rings. The van der Waals surface area contributed by atoms with Crippen molar-refractivity contribution >= 4 is 12.3 Å². The summed E-state index contributed by atoms with van der Waals surface area (Å²) < 4.78 is 19.7. The molecule has 0 saturated heterocycles. The predicted molar refractivity (Wildman–Crippen MR) is 141 cm³/mol. The summed E-state index contributed by atoms with van der Waals surface area (Å²) in [5.74, 6) is -0.381. The quantitative estimate of drug-likeness (QED) is 0.283. The first kappa shape index (κ1) is 29.0. The molecule has 3 aromatic rings. The number of rotatable bonds is 7. The molecule has 0 radical (unpaired) electrons. The van der Waals surface area contributed by atoms with Gasteiger partial charge in [-0.1, -0.05) is 75.0 Å². The zero-order valence-corrected chi connectivity index (χ0v) is 20.8. The van der Waals surface area contributed by atoms with Gasteiger partial charge in [-0.15, -0.1) is 0 Å². The number of allylic oxidation sites excluding steroid dienone is 1. The van der Waals surface area contributed by atoms with Gasteiger partial charge in [0.15, 0.2) is 0 Å². The van der Waals surface area contributed by atoms with E-state index >= 15 is 0 Å². The van der Waals surface area contributed by atoms with Gasteiger partial charge >= 0.3 is 5.97 Å². The molecule has 1 N–H and O–H groups in total. The Balaban J connectivity index is 0.000000467. The lowest BCUT2D eigenvalue weighted by Crippen LogP contribution is -1.92. The fourth-order valence-electron chi connectivity index (χ4n) is 2.85. The average molecular weight is 477 g/mol. The number of ether oxygens (including phenoxy) is 1. The van der Waals surface area contributed by atoms with Gasteiger partial charge in [-0.2, -0.15) is 0 Å². The van der Waals surface area contributed by atoms with Crippen molar-refractivity contribution in [3.8, 4) is 28.0 Å². The van der Waals surface area contributed by atoms with E-state index in [9.17, 15) is 14.0 Å². The Hall–Kier alpha value is -3.99. The predicted octanol–water partition coefficient (Wildman–Crippen LogP) is 7.53. The normalized spacial score (nSPS) is 9.51. The van der Waals surface area contributed by atoms with Crippen LogP contribution < -0.4 is 4.74 Å². The van der Waals surface area contributed by atoms with Crippen molar-refractivity contribution in [1.82, 2.24) is 0 Å². The van der Waals surface area contributed by atoms with Gasteiger partial charge in [-0.3, -0.25) is 4.79 Å². The number of methoxy groups -OCH3 is 1. The molecule has 0 aliphatic heterocycles. The Morgan fingerprint density at radius 1 is 0.943 bits per heavy atom. The summed E-state index contributed by atoms with van der Waals surface area (Å²) in [5.41, 5.74) is 5.45. The Kier molecular flexibility index (Phi) is 12.5. The molecule has 0 spiro atoms. The van der Waals surface area contributed by atoms with E-state index in [0.717, 1.165) is 41.6 Å². The summed E-state index contributed by atoms with van der Waals surface area (Å²) in [5, 5.41) is 7.89. The van der Waals surface area contributed by atoms with Gasteiger partial charge in [0.25, 0.3) is 0 Å². The van der Waals surface area contributed by atoms with Crippen LogP contribution in [0.3, 0.4) is 0 Å². The van der Waals surface area contributed by atoms with Gasteiger partial charge in [0.1, 0.15) is 17.9 Å². The number of benzene rings is 3. The lowest BCUT2D eigenvalue weighted by molar-refractivity contribution is -0.132. The largest absolute Gasteiger partial charge is 0.497 e. The van der Waals surface area contributed by atoms with Gasteiger partial charge in [0, 0.05) is 11.1 Å². The smallest absolute Gasteiger partial charge is 0.330 e. The standard InChI is InChI=1S/C22H21FO.C4H6O2.C4H6O/c1-3-4-16-5-7-17(8-6-16)19-11-14-21(22(23)15-19)18-9-12-20(24-2)13-10-18;1-3(2)4(5)6;1-4(2)3-5/h5-15H,3-4H2,1-2H3;1H2,2H3,(H,5,6);3H,1H2,2H3. The number of aldehydes is 1. The van der Waals surface area contributed by atoms with Gasteiger partial charge in [-0.25, -0.2) is 9.18 Å². The third-order valence-electron chi connectivity index (χ3n) is 4.76. The molecular formula is C30H33FO4. The maximum Gasteiger partial charge on any atom is 0.330 e. The van der Waals surface area contributed by atoms with Crippen molar-refractivity contribution in [1.29, 1.82) is 0 Å². The highest BCUT2D eigenvalue weighted by molar-refractivity contribution is 5.84. The second-order valence-corrected chi connectivity index (χ2v) is 7.92. The Morgan fingerprint density at radius 3 is 1.83 bits per heavy atom. The fourth-order valence-corrected chi connectivity index (χ4v) is 2.85. The second kappa shape index (κ2) is 15.0. The van der Waals surface area contributed by atoms with Crippen molar-refractivity contribution in [2.24, 2.45) is 0 Å². The van der Waals surface area contributed by atoms with Crippen LogP contribution in [0.25, 0.3) is 22.3 Å². The van der Waals surface area contributed by atoms with Crippen LogP contribution in [0.4, 0.5) is 4.39 Å². The third kappa shape index (κ3) is 10.2. The first-order chi connectivity index (χ1) is 16.6. The molecule has 0 aliphatic rings. The fraction of sp³-hybridized carbons (Fsp3) is 0.200. The molecule has 3 rings (SSSR count). The molecular weight excluding hydrogens is 443 g/mol. The molecule has 184 valence electrons. The van der Waals surface area contributed by atoms with E-state index in [1.54, 1.807) is 20.1 Å². The van der Waals surface area contributed by atoms with E-state index in [4.69, 9.17) is 9.84 Å². The number of hydrogen-bond acceptors (Lipinski definition) is 3. The molecule has 5 heteroatoms. The summed E-state index contributed by atoms with van der Waals surface area (Å²) in [6, 6.07) is 21.2. The summed E-state index contributed by atoms with van der Waals surface area (Å²) in [6.45, 7) is 11.7. The van der Waals surface area contributed by atoms with Gasteiger partial charge in [0.2, 0.25) is 0 Å². The van der Waals surface area contributed by atoms with E-state index in [-0.39, 0.29) is 11.4 Å². The Labute approximate surface area is 207 Å². The lowest BCUT2D eigenvalue weighted by Gasteiger charge is -2.08. The van der Waals surface area contributed by atoms with Crippen LogP contribution in [-0.2, 0) is 16.0 Å². The molecule has 0 atom stereocenters. The highest BCUT2D eigenvalue weighted by Crippen LogP contribution is 2.29. The molecule has 35 heavy (non-hydrogen) atoms. The summed E-state index contributed by atoms with van der Waals surface area (Å²) in [6.07, 6.45) is 2.93. The minimum Gasteiger partial charge on any atom is -0.497 e. The first-order valence-electron chi connectivity index (χ1n) is 11.2. The van der Waals surface area contributed by atoms with Gasteiger partial charge in [0.05, 0.1) is 7.11 Å². The molecule has 0 amide bonds. The summed E-state index contributed by atoms with van der Waals surface area (Å²) in [4.78, 5) is 19.0. The molecule has 0 aliphatic carbocycles. The molecule has 0 saturated carbocycles. The van der Waals surface area contributed by atoms with Crippen LogP contribution in [0.1, 0.15) is 32.8 Å². The van der Waals surface area contributed by atoms with E-state index in [1.165, 1.54) is 12.5 Å². The van der Waals surface area contributed by atoms with Crippen LogP contribution in [0.2, 0.25) is 0 Å². The molecule has 0 heterocycles. The van der Waals surface area contributed by atoms with E-state index in [2.05, 4.69) is 44.3 Å². The maximum atomic E-state index is 14.6. The van der Waals surface area contributed by atoms with Gasteiger partial charge in [-0.05, 0) is 66.3 Å². The van der Waals surface area contributed by atoms with Crippen LogP contribution in [-0.4, -0.2) is 24.5 Å². The minimum absolute atomic E-state index is 0.176. The highest BCUT2D eigenvalue weighted by Gasteiger charge is 2.08. The van der Waals surface area contributed by atoms with Crippen molar-refractivity contribution in [3.63, 3.8) is 0 Å². The SMILES string of the molecule is C=C(C)C(=O)O.C=C(C)C=O.CCCc1ccc(-c2ccc(-c3ccc(OC)cc3)c(F)c2)cc1. The van der Waals surface area contributed by atoms with Crippen LogP contribution in [0.5, 0.6) is 5.75 Å². The molecule has 0 unspecified atom stereocenters. The number of carboxylic acid groups (broad SMARTS) is 1.